The van der Waals surface area contributed by atoms with Gasteiger partial charge in [-0.15, -0.1) is 0 Å². The molecule has 0 bridgehead atoms. The lowest BCUT2D eigenvalue weighted by molar-refractivity contribution is -0.163. The van der Waals surface area contributed by atoms with Crippen LogP contribution < -0.4 is 0 Å². The molecule has 2 heterocycles. The van der Waals surface area contributed by atoms with Crippen LogP contribution in [0.25, 0.3) is 0 Å². The molecule has 0 aromatic heterocycles. The van der Waals surface area contributed by atoms with Crippen LogP contribution >= 0.6 is 23.2 Å². The van der Waals surface area contributed by atoms with Crippen molar-refractivity contribution in [1.82, 2.24) is 9.80 Å². The zero-order valence-electron chi connectivity index (χ0n) is 22.9. The molecule has 3 aliphatic rings. The molecule has 2 saturated heterocycles. The minimum absolute atomic E-state index is 0.0309. The number of fused-ring (bicyclic) bond motifs is 1. The van der Waals surface area contributed by atoms with Gasteiger partial charge in [-0.05, 0) is 74.6 Å². The molecule has 1 aliphatic carbocycles. The van der Waals surface area contributed by atoms with Crippen LogP contribution in [0.2, 0.25) is 10.0 Å². The van der Waals surface area contributed by atoms with E-state index in [4.69, 9.17) is 27.9 Å². The summed E-state index contributed by atoms with van der Waals surface area (Å²) in [7, 11) is 0. The molecule has 212 valence electrons. The van der Waals surface area contributed by atoms with Crippen LogP contribution in [0.15, 0.2) is 60.3 Å². The van der Waals surface area contributed by atoms with Gasteiger partial charge in [0.05, 0.1) is 13.2 Å². The third-order valence-electron chi connectivity index (χ3n) is 8.69. The highest BCUT2D eigenvalue weighted by Crippen LogP contribution is 2.51. The number of allylic oxidation sites excluding steroid dienone is 1. The molecule has 2 fully saturated rings. The summed E-state index contributed by atoms with van der Waals surface area (Å²) >= 11 is 12.6. The fraction of sp³-hybridized carbons (Fsp3) is 0.469. The number of hydrogen-bond donors (Lipinski definition) is 0. The summed E-state index contributed by atoms with van der Waals surface area (Å²) in [5.74, 6) is -0.682. The second-order valence-corrected chi connectivity index (χ2v) is 12.0. The average Bonchev–Trinajstić information content (AvgIpc) is 2.97. The van der Waals surface area contributed by atoms with Crippen LogP contribution in [0.1, 0.15) is 68.9 Å². The summed E-state index contributed by atoms with van der Waals surface area (Å²) in [6.45, 7) is 3.58. The SMILES string of the molecule is CCOC(=O)[C@]12CCCC=C1N(Cc1ccc(Cl)cc1Cl)C(=O)[C@H](CC(=O)N1CCC(c3ccccc3)CC1)C2. The Morgan fingerprint density at radius 1 is 1.07 bits per heavy atom. The van der Waals surface area contributed by atoms with Gasteiger partial charge >= 0.3 is 5.97 Å². The van der Waals surface area contributed by atoms with Gasteiger partial charge in [-0.3, -0.25) is 14.4 Å². The Bertz CT molecular complexity index is 1290. The van der Waals surface area contributed by atoms with Crippen LogP contribution in [-0.2, 0) is 25.7 Å². The number of halogens is 2. The van der Waals surface area contributed by atoms with E-state index in [-0.39, 0.29) is 43.8 Å². The summed E-state index contributed by atoms with van der Waals surface area (Å²) in [5.41, 5.74) is 1.77. The molecular formula is C32H36Cl2N2O4. The van der Waals surface area contributed by atoms with Crippen molar-refractivity contribution in [3.8, 4) is 0 Å². The Kier molecular flexibility index (Phi) is 8.86. The first-order chi connectivity index (χ1) is 19.3. The number of hydrogen-bond acceptors (Lipinski definition) is 4. The van der Waals surface area contributed by atoms with E-state index in [0.717, 1.165) is 31.2 Å². The van der Waals surface area contributed by atoms with E-state index in [2.05, 4.69) is 24.3 Å². The summed E-state index contributed by atoms with van der Waals surface area (Å²) in [4.78, 5) is 44.7. The number of carbonyl (C=O) groups is 3. The monoisotopic (exact) mass is 582 g/mol. The van der Waals surface area contributed by atoms with E-state index in [1.165, 1.54) is 5.56 Å². The van der Waals surface area contributed by atoms with E-state index >= 15 is 0 Å². The van der Waals surface area contributed by atoms with Gasteiger partial charge in [0.15, 0.2) is 0 Å². The van der Waals surface area contributed by atoms with E-state index < -0.39 is 11.3 Å². The number of piperidine rings is 2. The molecule has 0 N–H and O–H groups in total. The quantitative estimate of drug-likeness (QED) is 0.338. The van der Waals surface area contributed by atoms with Gasteiger partial charge in [0.2, 0.25) is 11.8 Å². The van der Waals surface area contributed by atoms with Crippen molar-refractivity contribution >= 4 is 41.0 Å². The largest absolute Gasteiger partial charge is 0.465 e. The molecule has 8 heteroatoms. The number of likely N-dealkylation sites (tertiary alicyclic amines) is 2. The zero-order chi connectivity index (χ0) is 28.3. The molecule has 0 radical (unpaired) electrons. The lowest BCUT2D eigenvalue weighted by atomic mass is 9.66. The fourth-order valence-electron chi connectivity index (χ4n) is 6.62. The van der Waals surface area contributed by atoms with Gasteiger partial charge in [0.25, 0.3) is 0 Å². The van der Waals surface area contributed by atoms with E-state index in [1.807, 2.05) is 17.0 Å². The van der Waals surface area contributed by atoms with Crippen LogP contribution in [0.3, 0.4) is 0 Å². The zero-order valence-corrected chi connectivity index (χ0v) is 24.4. The number of nitrogens with zero attached hydrogens (tertiary/aromatic N) is 2. The van der Waals surface area contributed by atoms with E-state index in [0.29, 0.717) is 41.2 Å². The maximum atomic E-state index is 14.0. The minimum atomic E-state index is -0.952. The molecule has 2 aromatic carbocycles. The number of rotatable bonds is 7. The highest BCUT2D eigenvalue weighted by molar-refractivity contribution is 6.35. The smallest absolute Gasteiger partial charge is 0.318 e. The Labute approximate surface area is 246 Å². The predicted octanol–water partition coefficient (Wildman–Crippen LogP) is 6.76. The second-order valence-electron chi connectivity index (χ2n) is 11.1. The normalized spacial score (nSPS) is 23.4. The van der Waals surface area contributed by atoms with Crippen LogP contribution in [-0.4, -0.2) is 47.3 Å². The maximum Gasteiger partial charge on any atom is 0.318 e. The standard InChI is InChI=1S/C32H36Cl2N2O4/c1-2-40-31(39)32-15-7-6-10-28(32)36(21-24-11-12-26(33)19-27(24)34)30(38)25(20-32)18-29(37)35-16-13-23(14-17-35)22-8-4-3-5-9-22/h3-5,8-12,19,23,25H,2,6-7,13-18,20-21H2,1H3/t25-,32+/m1/s1. The van der Waals surface area contributed by atoms with Crippen LogP contribution in [0.5, 0.6) is 0 Å². The van der Waals surface area contributed by atoms with Gasteiger partial charge < -0.3 is 14.5 Å². The van der Waals surface area contributed by atoms with Gasteiger partial charge in [0.1, 0.15) is 5.41 Å². The average molecular weight is 584 g/mol. The Balaban J connectivity index is 1.38. The Morgan fingerprint density at radius 3 is 2.52 bits per heavy atom. The van der Waals surface area contributed by atoms with Crippen LogP contribution in [0, 0.1) is 11.3 Å². The molecule has 2 aliphatic heterocycles. The van der Waals surface area contributed by atoms with Gasteiger partial charge in [-0.25, -0.2) is 0 Å². The van der Waals surface area contributed by atoms with Crippen LogP contribution in [0.4, 0.5) is 0 Å². The number of benzene rings is 2. The first-order valence-corrected chi connectivity index (χ1v) is 15.0. The molecule has 5 rings (SSSR count). The molecule has 0 unspecified atom stereocenters. The lowest BCUT2D eigenvalue weighted by Gasteiger charge is -2.48. The van der Waals surface area contributed by atoms with Crippen molar-refractivity contribution in [1.29, 1.82) is 0 Å². The molecule has 2 aromatic rings. The van der Waals surface area contributed by atoms with Crippen molar-refractivity contribution < 1.29 is 19.1 Å². The molecule has 2 atom stereocenters. The summed E-state index contributed by atoms with van der Waals surface area (Å²) in [6.07, 6.45) is 6.33. The van der Waals surface area contributed by atoms with E-state index in [9.17, 15) is 14.4 Å². The first kappa shape index (κ1) is 28.7. The van der Waals surface area contributed by atoms with Crippen molar-refractivity contribution in [3.05, 3.63) is 81.5 Å². The topological polar surface area (TPSA) is 66.9 Å². The molecule has 40 heavy (non-hydrogen) atoms. The maximum absolute atomic E-state index is 14.0. The minimum Gasteiger partial charge on any atom is -0.465 e. The number of amides is 2. The van der Waals surface area contributed by atoms with Crippen molar-refractivity contribution in [2.24, 2.45) is 11.3 Å². The summed E-state index contributed by atoms with van der Waals surface area (Å²) < 4.78 is 5.58. The summed E-state index contributed by atoms with van der Waals surface area (Å²) in [6, 6.07) is 15.6. The Hall–Kier alpha value is -2.83. The third kappa shape index (κ3) is 5.80. The number of ether oxygens (including phenoxy) is 1. The van der Waals surface area contributed by atoms with Crippen molar-refractivity contribution in [3.63, 3.8) is 0 Å². The number of esters is 1. The molecular weight excluding hydrogens is 547 g/mol. The molecule has 0 spiro atoms. The van der Waals surface area contributed by atoms with Gasteiger partial charge in [0, 0.05) is 41.2 Å². The fourth-order valence-corrected chi connectivity index (χ4v) is 7.09. The predicted molar refractivity (Wildman–Crippen MR) is 156 cm³/mol. The van der Waals surface area contributed by atoms with E-state index in [1.54, 1.807) is 30.0 Å². The first-order valence-electron chi connectivity index (χ1n) is 14.3. The van der Waals surface area contributed by atoms with Gasteiger partial charge in [-0.1, -0.05) is 65.7 Å². The van der Waals surface area contributed by atoms with Gasteiger partial charge in [-0.2, -0.15) is 0 Å². The second kappa shape index (κ2) is 12.4. The number of carbonyl (C=O) groups excluding carboxylic acids is 3. The van der Waals surface area contributed by atoms with Crippen molar-refractivity contribution in [2.45, 2.75) is 64.3 Å². The Morgan fingerprint density at radius 2 is 1.82 bits per heavy atom. The third-order valence-corrected chi connectivity index (χ3v) is 9.27. The highest BCUT2D eigenvalue weighted by atomic mass is 35.5. The van der Waals surface area contributed by atoms with Crippen molar-refractivity contribution in [2.75, 3.05) is 19.7 Å². The molecule has 6 nitrogen and oxygen atoms in total. The molecule has 0 saturated carbocycles. The highest BCUT2D eigenvalue weighted by Gasteiger charge is 2.54. The lowest BCUT2D eigenvalue weighted by Crippen LogP contribution is -2.54. The molecule has 2 amide bonds. The summed E-state index contributed by atoms with van der Waals surface area (Å²) in [5, 5.41) is 0.967.